The molecule has 0 unspecified atom stereocenters. The molecule has 8 heteroatoms. The van der Waals surface area contributed by atoms with E-state index >= 15 is 0 Å². The Morgan fingerprint density at radius 3 is 2.64 bits per heavy atom. The molecular weight excluding hydrogens is 458 g/mol. The second-order valence-electron chi connectivity index (χ2n) is 7.44. The Balaban J connectivity index is 1.34. The van der Waals surface area contributed by atoms with Gasteiger partial charge in [0.15, 0.2) is 16.6 Å². The SMILES string of the molecule is CCOc1ccc(C(=O)NC(=S)Nc2ccc(Cc3nc4cc(C)ccc4o3)cc2)cc1Cl. The molecule has 0 aliphatic rings. The lowest BCUT2D eigenvalue weighted by atomic mass is 10.1. The van der Waals surface area contributed by atoms with Gasteiger partial charge in [-0.3, -0.25) is 10.1 Å². The summed E-state index contributed by atoms with van der Waals surface area (Å²) in [6.45, 7) is 4.39. The maximum atomic E-state index is 12.5. The average Bonchev–Trinajstić information content (AvgIpc) is 3.17. The van der Waals surface area contributed by atoms with Gasteiger partial charge in [0.05, 0.1) is 11.6 Å². The van der Waals surface area contributed by atoms with Crippen molar-refractivity contribution in [1.82, 2.24) is 10.3 Å². The van der Waals surface area contributed by atoms with E-state index in [9.17, 15) is 4.79 Å². The number of carbonyl (C=O) groups is 1. The Bertz CT molecular complexity index is 1320. The lowest BCUT2D eigenvalue weighted by Crippen LogP contribution is -2.34. The Morgan fingerprint density at radius 2 is 1.91 bits per heavy atom. The van der Waals surface area contributed by atoms with Crippen molar-refractivity contribution in [3.63, 3.8) is 0 Å². The van der Waals surface area contributed by atoms with Crippen molar-refractivity contribution in [3.8, 4) is 5.75 Å². The van der Waals surface area contributed by atoms with Gasteiger partial charge in [-0.25, -0.2) is 4.98 Å². The summed E-state index contributed by atoms with van der Waals surface area (Å²) in [5.41, 5.74) is 4.97. The summed E-state index contributed by atoms with van der Waals surface area (Å²) in [7, 11) is 0. The molecule has 168 valence electrons. The molecule has 1 amide bonds. The molecule has 6 nitrogen and oxygen atoms in total. The lowest BCUT2D eigenvalue weighted by molar-refractivity contribution is 0.0977. The lowest BCUT2D eigenvalue weighted by Gasteiger charge is -2.11. The third-order valence-electron chi connectivity index (χ3n) is 4.88. The first-order chi connectivity index (χ1) is 15.9. The van der Waals surface area contributed by atoms with Gasteiger partial charge < -0.3 is 14.5 Å². The van der Waals surface area contributed by atoms with E-state index in [1.807, 2.05) is 56.3 Å². The molecule has 0 bridgehead atoms. The number of ether oxygens (including phenoxy) is 1. The summed E-state index contributed by atoms with van der Waals surface area (Å²) < 4.78 is 11.2. The number of amides is 1. The normalized spacial score (nSPS) is 10.8. The highest BCUT2D eigenvalue weighted by Crippen LogP contribution is 2.25. The fraction of sp³-hybridized carbons (Fsp3) is 0.160. The molecule has 3 aromatic carbocycles. The summed E-state index contributed by atoms with van der Waals surface area (Å²) in [5.74, 6) is 0.831. The van der Waals surface area contributed by atoms with Crippen LogP contribution in [-0.4, -0.2) is 22.6 Å². The second-order valence-corrected chi connectivity index (χ2v) is 8.25. The quantitative estimate of drug-likeness (QED) is 0.335. The topological polar surface area (TPSA) is 76.4 Å². The number of nitrogens with one attached hydrogen (secondary N) is 2. The van der Waals surface area contributed by atoms with E-state index in [0.717, 1.165) is 27.9 Å². The van der Waals surface area contributed by atoms with Gasteiger partial charge in [-0.1, -0.05) is 29.8 Å². The monoisotopic (exact) mass is 479 g/mol. The number of aryl methyl sites for hydroxylation is 1. The van der Waals surface area contributed by atoms with Gasteiger partial charge in [-0.05, 0) is 79.7 Å². The van der Waals surface area contributed by atoms with Crippen LogP contribution >= 0.6 is 23.8 Å². The molecule has 0 saturated carbocycles. The molecule has 0 radical (unpaired) electrons. The summed E-state index contributed by atoms with van der Waals surface area (Å²) >= 11 is 11.4. The van der Waals surface area contributed by atoms with Crippen LogP contribution in [0.25, 0.3) is 11.1 Å². The first-order valence-electron chi connectivity index (χ1n) is 10.4. The number of halogens is 1. The molecule has 1 heterocycles. The average molecular weight is 480 g/mol. The van der Waals surface area contributed by atoms with E-state index in [1.54, 1.807) is 18.2 Å². The van der Waals surface area contributed by atoms with E-state index in [1.165, 1.54) is 0 Å². The minimum Gasteiger partial charge on any atom is -0.492 e. The van der Waals surface area contributed by atoms with Gasteiger partial charge in [0.1, 0.15) is 11.3 Å². The standard InChI is InChI=1S/C25H22ClN3O3S/c1-3-31-21-11-7-17(14-19(21)26)24(30)29-25(33)27-18-8-5-16(6-9-18)13-23-28-20-12-15(2)4-10-22(20)32-23/h4-12,14H,3,13H2,1-2H3,(H2,27,29,30,33). The van der Waals surface area contributed by atoms with Crippen molar-refractivity contribution in [2.24, 2.45) is 0 Å². The summed E-state index contributed by atoms with van der Waals surface area (Å²) in [5, 5.41) is 6.22. The van der Waals surface area contributed by atoms with Gasteiger partial charge >= 0.3 is 0 Å². The Labute approximate surface area is 201 Å². The largest absolute Gasteiger partial charge is 0.492 e. The number of aromatic nitrogens is 1. The molecule has 0 saturated heterocycles. The van der Waals surface area contributed by atoms with E-state index in [0.29, 0.717) is 35.3 Å². The van der Waals surface area contributed by atoms with E-state index in [2.05, 4.69) is 15.6 Å². The molecule has 0 fully saturated rings. The summed E-state index contributed by atoms with van der Waals surface area (Å²) in [6, 6.07) is 18.5. The molecular formula is C25H22ClN3O3S. The van der Waals surface area contributed by atoms with Crippen LogP contribution in [0.3, 0.4) is 0 Å². The summed E-state index contributed by atoms with van der Waals surface area (Å²) in [6.07, 6.45) is 0.577. The number of hydrogen-bond acceptors (Lipinski definition) is 5. The Morgan fingerprint density at radius 1 is 1.12 bits per heavy atom. The summed E-state index contributed by atoms with van der Waals surface area (Å²) in [4.78, 5) is 17.0. The number of carbonyl (C=O) groups excluding carboxylic acids is 1. The zero-order valence-electron chi connectivity index (χ0n) is 18.1. The maximum Gasteiger partial charge on any atom is 0.257 e. The molecule has 4 rings (SSSR count). The number of fused-ring (bicyclic) bond motifs is 1. The van der Waals surface area contributed by atoms with Gasteiger partial charge in [0.25, 0.3) is 5.91 Å². The van der Waals surface area contributed by atoms with Gasteiger partial charge in [0, 0.05) is 17.7 Å². The molecule has 1 aromatic heterocycles. The van der Waals surface area contributed by atoms with Crippen LogP contribution in [0.4, 0.5) is 5.69 Å². The van der Waals surface area contributed by atoms with E-state index < -0.39 is 0 Å². The second kappa shape index (κ2) is 10.0. The molecule has 0 aliphatic carbocycles. The van der Waals surface area contributed by atoms with E-state index in [4.69, 9.17) is 33.0 Å². The Kier molecular flexibility index (Phi) is 6.91. The van der Waals surface area contributed by atoms with Crippen molar-refractivity contribution in [3.05, 3.63) is 88.3 Å². The number of rotatable bonds is 6. The minimum absolute atomic E-state index is 0.187. The van der Waals surface area contributed by atoms with Crippen LogP contribution in [0.5, 0.6) is 5.75 Å². The van der Waals surface area contributed by atoms with Crippen molar-refractivity contribution >= 4 is 51.6 Å². The van der Waals surface area contributed by atoms with Crippen molar-refractivity contribution in [2.45, 2.75) is 20.3 Å². The van der Waals surface area contributed by atoms with Crippen LogP contribution in [0.15, 0.2) is 65.1 Å². The molecule has 0 atom stereocenters. The van der Waals surface area contributed by atoms with Gasteiger partial charge in [0.2, 0.25) is 0 Å². The van der Waals surface area contributed by atoms with Crippen LogP contribution < -0.4 is 15.4 Å². The highest BCUT2D eigenvalue weighted by Gasteiger charge is 2.12. The van der Waals surface area contributed by atoms with Crippen molar-refractivity contribution in [1.29, 1.82) is 0 Å². The number of oxazole rings is 1. The van der Waals surface area contributed by atoms with Crippen molar-refractivity contribution < 1.29 is 13.9 Å². The highest BCUT2D eigenvalue weighted by atomic mass is 35.5. The first kappa shape index (κ1) is 22.8. The fourth-order valence-corrected chi connectivity index (χ4v) is 3.74. The molecule has 4 aromatic rings. The van der Waals surface area contributed by atoms with Crippen molar-refractivity contribution in [2.75, 3.05) is 11.9 Å². The van der Waals surface area contributed by atoms with E-state index in [-0.39, 0.29) is 11.0 Å². The maximum absolute atomic E-state index is 12.5. The number of hydrogen-bond donors (Lipinski definition) is 2. The fourth-order valence-electron chi connectivity index (χ4n) is 3.29. The van der Waals surface area contributed by atoms with Crippen LogP contribution in [0.1, 0.15) is 34.3 Å². The third kappa shape index (κ3) is 5.69. The minimum atomic E-state index is -0.361. The zero-order valence-corrected chi connectivity index (χ0v) is 19.7. The first-order valence-corrected chi connectivity index (χ1v) is 11.2. The third-order valence-corrected chi connectivity index (χ3v) is 5.37. The molecule has 2 N–H and O–H groups in total. The zero-order chi connectivity index (χ0) is 23.4. The molecule has 0 aliphatic heterocycles. The number of anilines is 1. The predicted molar refractivity (Wildman–Crippen MR) is 134 cm³/mol. The Hall–Kier alpha value is -3.42. The molecule has 0 spiro atoms. The molecule has 33 heavy (non-hydrogen) atoms. The number of benzene rings is 3. The van der Waals surface area contributed by atoms with Crippen LogP contribution in [-0.2, 0) is 6.42 Å². The van der Waals surface area contributed by atoms with Gasteiger partial charge in [-0.2, -0.15) is 0 Å². The van der Waals surface area contributed by atoms with Crippen LogP contribution in [0.2, 0.25) is 5.02 Å². The van der Waals surface area contributed by atoms with Gasteiger partial charge in [-0.15, -0.1) is 0 Å². The smallest absolute Gasteiger partial charge is 0.257 e. The predicted octanol–water partition coefficient (Wildman–Crippen LogP) is 5.91. The van der Waals surface area contributed by atoms with Crippen LogP contribution in [0, 0.1) is 6.92 Å². The highest BCUT2D eigenvalue weighted by molar-refractivity contribution is 7.80. The number of thiocarbonyl (C=S) groups is 1. The number of nitrogens with zero attached hydrogens (tertiary/aromatic N) is 1.